The second-order valence-electron chi connectivity index (χ2n) is 3.12. The second kappa shape index (κ2) is 5.16. The molecule has 1 aliphatic rings. The average molecular weight is 243 g/mol. The number of halogens is 2. The van der Waals surface area contributed by atoms with Crippen LogP contribution in [0.5, 0.6) is 0 Å². The van der Waals surface area contributed by atoms with E-state index in [1.54, 1.807) is 0 Å². The van der Waals surface area contributed by atoms with Crippen LogP contribution in [0.1, 0.15) is 13.3 Å². The van der Waals surface area contributed by atoms with E-state index in [0.29, 0.717) is 6.42 Å². The Hall–Kier alpha value is -0.0300. The van der Waals surface area contributed by atoms with E-state index >= 15 is 0 Å². The zero-order valence-electron chi connectivity index (χ0n) is 7.65. The molecule has 1 heterocycles. The van der Waals surface area contributed by atoms with Crippen molar-refractivity contribution in [2.24, 2.45) is 0 Å². The quantitative estimate of drug-likeness (QED) is 0.577. The Kier molecular flexibility index (Phi) is 4.44. The molecule has 0 saturated carbocycles. The molecule has 1 saturated heterocycles. The van der Waals surface area contributed by atoms with E-state index in [4.69, 9.17) is 32.7 Å². The molecule has 14 heavy (non-hydrogen) atoms. The summed E-state index contributed by atoms with van der Waals surface area (Å²) in [5.74, 6) is -0.260. The van der Waals surface area contributed by atoms with Crippen molar-refractivity contribution in [2.75, 3.05) is 5.88 Å². The van der Waals surface area contributed by atoms with E-state index in [1.807, 2.05) is 0 Å². The number of alkyl halides is 2. The highest BCUT2D eigenvalue weighted by Crippen LogP contribution is 2.26. The Morgan fingerprint density at radius 3 is 2.86 bits per heavy atom. The first kappa shape index (κ1) is 12.0. The smallest absolute Gasteiger partial charge is 0.303 e. The molecule has 1 N–H and O–H groups in total. The standard InChI is InChI=1S/C8H12Cl2O4/c1-4(11)13-6-2-5(10)7(3-9)14-8(6)12/h5-8,12H,2-3H2,1H3/t5-,6-,7+,8+/m1/s1. The Balaban J connectivity index is 2.52. The largest absolute Gasteiger partial charge is 0.457 e. The average Bonchev–Trinajstić information content (AvgIpc) is 2.10. The van der Waals surface area contributed by atoms with Gasteiger partial charge in [-0.15, -0.1) is 23.2 Å². The van der Waals surface area contributed by atoms with E-state index < -0.39 is 24.5 Å². The van der Waals surface area contributed by atoms with Gasteiger partial charge >= 0.3 is 5.97 Å². The molecule has 0 unspecified atom stereocenters. The van der Waals surface area contributed by atoms with Gasteiger partial charge in [0.05, 0.1) is 17.4 Å². The first-order chi connectivity index (χ1) is 6.54. The molecule has 6 heteroatoms. The summed E-state index contributed by atoms with van der Waals surface area (Å²) in [5.41, 5.74) is 0. The van der Waals surface area contributed by atoms with E-state index in [1.165, 1.54) is 6.92 Å². The number of hydrogen-bond donors (Lipinski definition) is 1. The van der Waals surface area contributed by atoms with Gasteiger partial charge in [0.15, 0.2) is 12.4 Å². The minimum Gasteiger partial charge on any atom is -0.457 e. The van der Waals surface area contributed by atoms with Crippen molar-refractivity contribution in [2.45, 2.75) is 37.2 Å². The Bertz CT molecular complexity index is 212. The number of esters is 1. The van der Waals surface area contributed by atoms with E-state index in [2.05, 4.69) is 0 Å². The van der Waals surface area contributed by atoms with E-state index in [-0.39, 0.29) is 11.3 Å². The van der Waals surface area contributed by atoms with Crippen LogP contribution in [0.25, 0.3) is 0 Å². The molecule has 0 amide bonds. The van der Waals surface area contributed by atoms with Crippen LogP contribution in [0.3, 0.4) is 0 Å². The van der Waals surface area contributed by atoms with Crippen LogP contribution in [0.4, 0.5) is 0 Å². The van der Waals surface area contributed by atoms with Crippen molar-refractivity contribution in [3.8, 4) is 0 Å². The van der Waals surface area contributed by atoms with Crippen molar-refractivity contribution in [1.29, 1.82) is 0 Å². The molecule has 0 aromatic rings. The first-order valence-electron chi connectivity index (χ1n) is 4.25. The molecule has 0 aliphatic carbocycles. The van der Waals surface area contributed by atoms with Crippen LogP contribution in [-0.2, 0) is 14.3 Å². The molecular weight excluding hydrogens is 231 g/mol. The topological polar surface area (TPSA) is 55.8 Å². The third-order valence-electron chi connectivity index (χ3n) is 1.96. The summed E-state index contributed by atoms with van der Waals surface area (Å²) in [6, 6.07) is 0. The number of carbonyl (C=O) groups is 1. The maximum absolute atomic E-state index is 10.7. The lowest BCUT2D eigenvalue weighted by molar-refractivity contribution is -0.221. The number of rotatable bonds is 2. The Morgan fingerprint density at radius 2 is 2.36 bits per heavy atom. The molecular formula is C8H12Cl2O4. The van der Waals surface area contributed by atoms with E-state index in [0.717, 1.165) is 0 Å². The van der Waals surface area contributed by atoms with E-state index in [9.17, 15) is 9.90 Å². The number of aliphatic hydroxyl groups excluding tert-OH is 1. The van der Waals surface area contributed by atoms with Crippen LogP contribution in [-0.4, -0.2) is 40.8 Å². The fourth-order valence-electron chi connectivity index (χ4n) is 1.29. The Morgan fingerprint density at radius 1 is 1.71 bits per heavy atom. The lowest BCUT2D eigenvalue weighted by atomic mass is 10.1. The van der Waals surface area contributed by atoms with Crippen LogP contribution >= 0.6 is 23.2 Å². The van der Waals surface area contributed by atoms with Gasteiger partial charge < -0.3 is 14.6 Å². The van der Waals surface area contributed by atoms with Gasteiger partial charge in [0.1, 0.15) is 0 Å². The van der Waals surface area contributed by atoms with Gasteiger partial charge in [-0.3, -0.25) is 4.79 Å². The summed E-state index contributed by atoms with van der Waals surface area (Å²) in [4.78, 5) is 10.7. The molecule has 1 rings (SSSR count). The van der Waals surface area contributed by atoms with Gasteiger partial charge in [0, 0.05) is 13.3 Å². The minimum atomic E-state index is -1.14. The fraction of sp³-hybridized carbons (Fsp3) is 0.875. The van der Waals surface area contributed by atoms with Gasteiger partial charge in [-0.2, -0.15) is 0 Å². The van der Waals surface area contributed by atoms with Crippen molar-refractivity contribution >= 4 is 29.2 Å². The summed E-state index contributed by atoms with van der Waals surface area (Å²) < 4.78 is 9.90. The third kappa shape index (κ3) is 2.98. The normalized spacial score (nSPS) is 38.0. The molecule has 4 atom stereocenters. The second-order valence-corrected chi connectivity index (χ2v) is 3.99. The number of ether oxygens (including phenoxy) is 2. The van der Waals surface area contributed by atoms with Gasteiger partial charge in [0.2, 0.25) is 0 Å². The highest BCUT2D eigenvalue weighted by molar-refractivity contribution is 6.23. The zero-order valence-corrected chi connectivity index (χ0v) is 9.16. The maximum Gasteiger partial charge on any atom is 0.303 e. The third-order valence-corrected chi connectivity index (χ3v) is 2.73. The van der Waals surface area contributed by atoms with Crippen molar-refractivity contribution in [3.63, 3.8) is 0 Å². The van der Waals surface area contributed by atoms with Gasteiger partial charge in [-0.05, 0) is 0 Å². The monoisotopic (exact) mass is 242 g/mol. The zero-order chi connectivity index (χ0) is 10.7. The fourth-order valence-corrected chi connectivity index (χ4v) is 2.00. The van der Waals surface area contributed by atoms with Crippen LogP contribution < -0.4 is 0 Å². The van der Waals surface area contributed by atoms with Gasteiger partial charge in [0.25, 0.3) is 0 Å². The van der Waals surface area contributed by atoms with Gasteiger partial charge in [-0.25, -0.2) is 0 Å². The summed E-state index contributed by atoms with van der Waals surface area (Å²) in [7, 11) is 0. The molecule has 0 bridgehead atoms. The van der Waals surface area contributed by atoms with Crippen molar-refractivity contribution in [1.82, 2.24) is 0 Å². The van der Waals surface area contributed by atoms with Crippen LogP contribution in [0.2, 0.25) is 0 Å². The predicted octanol–water partition coefficient (Wildman–Crippen LogP) is 0.872. The molecule has 82 valence electrons. The molecule has 0 aromatic heterocycles. The SMILES string of the molecule is CC(=O)O[C@@H]1C[C@@H](Cl)[C@H](CCl)O[C@@H]1O. The molecule has 4 nitrogen and oxygen atoms in total. The summed E-state index contributed by atoms with van der Waals surface area (Å²) in [5, 5.41) is 9.07. The molecule has 0 spiro atoms. The summed E-state index contributed by atoms with van der Waals surface area (Å²) in [6.45, 7) is 1.27. The minimum absolute atomic E-state index is 0.206. The molecule has 0 aromatic carbocycles. The highest BCUT2D eigenvalue weighted by Gasteiger charge is 2.37. The summed E-state index contributed by atoms with van der Waals surface area (Å²) in [6.07, 6.45) is -1.90. The molecule has 1 fully saturated rings. The maximum atomic E-state index is 10.7. The lowest BCUT2D eigenvalue weighted by Gasteiger charge is -2.35. The predicted molar refractivity (Wildman–Crippen MR) is 51.4 cm³/mol. The number of hydrogen-bond acceptors (Lipinski definition) is 4. The van der Waals surface area contributed by atoms with Gasteiger partial charge in [-0.1, -0.05) is 0 Å². The molecule has 1 aliphatic heterocycles. The number of aliphatic hydroxyl groups is 1. The van der Waals surface area contributed by atoms with Crippen molar-refractivity contribution < 1.29 is 19.4 Å². The van der Waals surface area contributed by atoms with Crippen LogP contribution in [0, 0.1) is 0 Å². The Labute approximate surface area is 92.1 Å². The highest BCUT2D eigenvalue weighted by atomic mass is 35.5. The van der Waals surface area contributed by atoms with Crippen molar-refractivity contribution in [3.05, 3.63) is 0 Å². The summed E-state index contributed by atoms with van der Waals surface area (Å²) >= 11 is 11.5. The number of carbonyl (C=O) groups excluding carboxylic acids is 1. The lowest BCUT2D eigenvalue weighted by Crippen LogP contribution is -2.47. The first-order valence-corrected chi connectivity index (χ1v) is 5.22. The molecule has 0 radical (unpaired) electrons. The van der Waals surface area contributed by atoms with Crippen LogP contribution in [0.15, 0.2) is 0 Å².